The third-order valence-electron chi connectivity index (χ3n) is 3.67. The van der Waals surface area contributed by atoms with Gasteiger partial charge in [-0.05, 0) is 50.5 Å². The lowest BCUT2D eigenvalue weighted by Crippen LogP contribution is -2.25. The van der Waals surface area contributed by atoms with Crippen LogP contribution in [0.1, 0.15) is 34.8 Å². The van der Waals surface area contributed by atoms with Crippen molar-refractivity contribution in [3.8, 4) is 5.75 Å². The Kier molecular flexibility index (Phi) is 5.25. The van der Waals surface area contributed by atoms with E-state index in [1.54, 1.807) is 5.38 Å². The molecule has 2 heterocycles. The molecule has 5 nitrogen and oxygen atoms in total. The van der Waals surface area contributed by atoms with Gasteiger partial charge >= 0.3 is 0 Å². The van der Waals surface area contributed by atoms with Crippen molar-refractivity contribution in [3.05, 3.63) is 40.3 Å². The lowest BCUT2D eigenvalue weighted by Gasteiger charge is -2.22. The van der Waals surface area contributed by atoms with Gasteiger partial charge in [-0.25, -0.2) is 4.98 Å². The largest absolute Gasteiger partial charge is 0.491 e. The summed E-state index contributed by atoms with van der Waals surface area (Å²) < 4.78 is 11.4. The first-order valence-corrected chi connectivity index (χ1v) is 8.66. The average Bonchev–Trinajstić information content (AvgIpc) is 3.02. The van der Waals surface area contributed by atoms with Crippen molar-refractivity contribution < 1.29 is 14.3 Å². The second-order valence-corrected chi connectivity index (χ2v) is 6.59. The smallest absolute Gasteiger partial charge is 0.275 e. The number of thiazole rings is 1. The second kappa shape index (κ2) is 7.57. The number of anilines is 1. The molecule has 1 aliphatic rings. The van der Waals surface area contributed by atoms with E-state index in [-0.39, 0.29) is 12.0 Å². The van der Waals surface area contributed by atoms with Crippen LogP contribution in [0, 0.1) is 6.92 Å². The van der Waals surface area contributed by atoms with Crippen LogP contribution in [-0.2, 0) is 4.74 Å². The van der Waals surface area contributed by atoms with E-state index < -0.39 is 0 Å². The summed E-state index contributed by atoms with van der Waals surface area (Å²) in [6.07, 6.45) is 3.59. The zero-order chi connectivity index (χ0) is 16.1. The number of carbonyl (C=O) groups excluding carboxylic acids is 1. The number of rotatable bonds is 5. The fourth-order valence-electron chi connectivity index (χ4n) is 2.43. The molecule has 1 saturated heterocycles. The second-order valence-electron chi connectivity index (χ2n) is 5.53. The first-order valence-electron chi connectivity index (χ1n) is 7.78. The zero-order valence-corrected chi connectivity index (χ0v) is 13.9. The van der Waals surface area contributed by atoms with E-state index in [9.17, 15) is 4.79 Å². The van der Waals surface area contributed by atoms with Gasteiger partial charge in [-0.3, -0.25) is 4.79 Å². The van der Waals surface area contributed by atoms with Crippen molar-refractivity contribution in [1.82, 2.24) is 4.98 Å². The summed E-state index contributed by atoms with van der Waals surface area (Å²) in [6, 6.07) is 7.36. The van der Waals surface area contributed by atoms with E-state index >= 15 is 0 Å². The van der Waals surface area contributed by atoms with Crippen molar-refractivity contribution >= 4 is 22.9 Å². The van der Waals surface area contributed by atoms with Crippen LogP contribution in [0.3, 0.4) is 0 Å². The number of benzene rings is 1. The van der Waals surface area contributed by atoms with Crippen LogP contribution < -0.4 is 10.1 Å². The van der Waals surface area contributed by atoms with Crippen LogP contribution in [0.4, 0.5) is 5.69 Å². The quantitative estimate of drug-likeness (QED) is 0.908. The van der Waals surface area contributed by atoms with Gasteiger partial charge in [0.15, 0.2) is 0 Å². The predicted octanol–water partition coefficient (Wildman–Crippen LogP) is 3.65. The normalized spacial score (nSPS) is 17.7. The van der Waals surface area contributed by atoms with E-state index in [0.29, 0.717) is 12.3 Å². The fourth-order valence-corrected chi connectivity index (χ4v) is 3.02. The summed E-state index contributed by atoms with van der Waals surface area (Å²) in [4.78, 5) is 16.2. The maximum atomic E-state index is 12.0. The number of aryl methyl sites for hydroxylation is 1. The van der Waals surface area contributed by atoms with Crippen LogP contribution in [0.25, 0.3) is 0 Å². The van der Waals surface area contributed by atoms with Gasteiger partial charge < -0.3 is 14.8 Å². The Hall–Kier alpha value is -1.92. The van der Waals surface area contributed by atoms with Crippen LogP contribution in [-0.4, -0.2) is 30.2 Å². The minimum Gasteiger partial charge on any atom is -0.491 e. The number of ether oxygens (including phenoxy) is 2. The molecule has 1 fully saturated rings. The van der Waals surface area contributed by atoms with Crippen molar-refractivity contribution in [2.45, 2.75) is 32.3 Å². The third-order valence-corrected chi connectivity index (χ3v) is 4.45. The van der Waals surface area contributed by atoms with E-state index in [2.05, 4.69) is 10.3 Å². The average molecular weight is 332 g/mol. The lowest BCUT2D eigenvalue weighted by atomic mass is 10.1. The van der Waals surface area contributed by atoms with Gasteiger partial charge in [0.2, 0.25) is 0 Å². The molecule has 0 saturated carbocycles. The summed E-state index contributed by atoms with van der Waals surface area (Å²) in [5.74, 6) is 0.584. The number of nitrogens with one attached hydrogen (secondary N) is 1. The Bertz CT molecular complexity index is 648. The number of nitrogens with zero attached hydrogens (tertiary/aromatic N) is 1. The molecule has 1 amide bonds. The summed E-state index contributed by atoms with van der Waals surface area (Å²) in [6.45, 7) is 3.28. The molecule has 0 bridgehead atoms. The maximum absolute atomic E-state index is 12.0. The van der Waals surface area contributed by atoms with Crippen molar-refractivity contribution in [1.29, 1.82) is 0 Å². The molecule has 122 valence electrons. The SMILES string of the molecule is Cc1nc(C(=O)Nc2ccc(OCC3CCCCO3)cc2)cs1. The van der Waals surface area contributed by atoms with E-state index in [1.807, 2.05) is 31.2 Å². The van der Waals surface area contributed by atoms with Crippen molar-refractivity contribution in [2.24, 2.45) is 0 Å². The number of hydrogen-bond acceptors (Lipinski definition) is 5. The Balaban J connectivity index is 1.51. The van der Waals surface area contributed by atoms with Crippen molar-refractivity contribution in [2.75, 3.05) is 18.5 Å². The Morgan fingerprint density at radius 2 is 2.22 bits per heavy atom. The Morgan fingerprint density at radius 1 is 1.39 bits per heavy atom. The van der Waals surface area contributed by atoms with Crippen LogP contribution in [0.5, 0.6) is 5.75 Å². The molecule has 1 aromatic carbocycles. The summed E-state index contributed by atoms with van der Waals surface area (Å²) in [5, 5.41) is 5.46. The molecule has 6 heteroatoms. The first-order chi connectivity index (χ1) is 11.2. The molecule has 1 N–H and O–H groups in total. The summed E-state index contributed by atoms with van der Waals surface area (Å²) in [7, 11) is 0. The molecule has 23 heavy (non-hydrogen) atoms. The number of amides is 1. The summed E-state index contributed by atoms with van der Waals surface area (Å²) in [5.41, 5.74) is 1.17. The van der Waals surface area contributed by atoms with Gasteiger partial charge in [-0.15, -0.1) is 11.3 Å². The van der Waals surface area contributed by atoms with Gasteiger partial charge in [0.1, 0.15) is 18.1 Å². The summed E-state index contributed by atoms with van der Waals surface area (Å²) >= 11 is 1.46. The Morgan fingerprint density at radius 3 is 2.87 bits per heavy atom. The van der Waals surface area contributed by atoms with Gasteiger partial charge in [0, 0.05) is 17.7 Å². The molecule has 3 rings (SSSR count). The Labute approximate surface area is 139 Å². The fraction of sp³-hybridized carbons (Fsp3) is 0.412. The molecule has 0 radical (unpaired) electrons. The molecule has 1 unspecified atom stereocenters. The number of aromatic nitrogens is 1. The van der Waals surface area contributed by atoms with Crippen LogP contribution in [0.15, 0.2) is 29.6 Å². The van der Waals surface area contributed by atoms with Crippen LogP contribution >= 0.6 is 11.3 Å². The molecule has 0 spiro atoms. The maximum Gasteiger partial charge on any atom is 0.275 e. The van der Waals surface area contributed by atoms with E-state index in [0.717, 1.165) is 35.9 Å². The van der Waals surface area contributed by atoms with Crippen LogP contribution in [0.2, 0.25) is 0 Å². The minimum atomic E-state index is -0.196. The molecule has 1 aliphatic heterocycles. The first kappa shape index (κ1) is 16.0. The van der Waals surface area contributed by atoms with Crippen molar-refractivity contribution in [3.63, 3.8) is 0 Å². The highest BCUT2D eigenvalue weighted by Gasteiger charge is 2.14. The predicted molar refractivity (Wildman–Crippen MR) is 90.3 cm³/mol. The lowest BCUT2D eigenvalue weighted by molar-refractivity contribution is -0.0110. The number of carbonyl (C=O) groups is 1. The number of hydrogen-bond donors (Lipinski definition) is 1. The highest BCUT2D eigenvalue weighted by Crippen LogP contribution is 2.19. The molecule has 1 aromatic heterocycles. The minimum absolute atomic E-state index is 0.191. The zero-order valence-electron chi connectivity index (χ0n) is 13.1. The van der Waals surface area contributed by atoms with Gasteiger partial charge in [-0.2, -0.15) is 0 Å². The highest BCUT2D eigenvalue weighted by molar-refractivity contribution is 7.09. The van der Waals surface area contributed by atoms with Gasteiger partial charge in [0.05, 0.1) is 11.1 Å². The molecule has 2 aromatic rings. The van der Waals surface area contributed by atoms with Gasteiger partial charge in [-0.1, -0.05) is 0 Å². The standard InChI is InChI=1S/C17H20N2O3S/c1-12-18-16(11-23-12)17(20)19-13-5-7-14(8-6-13)22-10-15-4-2-3-9-21-15/h5-8,11,15H,2-4,9-10H2,1H3,(H,19,20). The molecule has 0 aliphatic carbocycles. The third kappa shape index (κ3) is 4.53. The molecular formula is C17H20N2O3S. The molecular weight excluding hydrogens is 312 g/mol. The van der Waals surface area contributed by atoms with Gasteiger partial charge in [0.25, 0.3) is 5.91 Å². The van der Waals surface area contributed by atoms with E-state index in [4.69, 9.17) is 9.47 Å². The monoisotopic (exact) mass is 332 g/mol. The highest BCUT2D eigenvalue weighted by atomic mass is 32.1. The topological polar surface area (TPSA) is 60.5 Å². The van der Waals surface area contributed by atoms with E-state index in [1.165, 1.54) is 17.8 Å². The molecule has 1 atom stereocenters.